The summed E-state index contributed by atoms with van der Waals surface area (Å²) in [6.07, 6.45) is 0. The molecule has 0 heterocycles. The van der Waals surface area contributed by atoms with Gasteiger partial charge in [0.2, 0.25) is 0 Å². The van der Waals surface area contributed by atoms with Crippen molar-refractivity contribution in [3.8, 4) is 0 Å². The lowest BCUT2D eigenvalue weighted by Crippen LogP contribution is -2.34. The topological polar surface area (TPSA) is 108 Å². The average molecular weight is 474 g/mol. The van der Waals surface area contributed by atoms with Crippen molar-refractivity contribution in [3.05, 3.63) is 107 Å². The number of carbonyl (C=O) groups is 3. The van der Waals surface area contributed by atoms with E-state index in [0.717, 1.165) is 10.8 Å². The van der Waals surface area contributed by atoms with Gasteiger partial charge in [-0.3, -0.25) is 4.79 Å². The molecule has 0 radical (unpaired) electrons. The van der Waals surface area contributed by atoms with Crippen molar-refractivity contribution < 1.29 is 19.5 Å². The van der Waals surface area contributed by atoms with Crippen LogP contribution in [0.15, 0.2) is 91.0 Å². The Morgan fingerprint density at radius 3 is 2.00 bits per heavy atom. The number of fused-ring (bicyclic) bond motifs is 1. The molecule has 0 aliphatic rings. The fraction of sp³-hybridized carbons (Fsp3) is 0.0385. The van der Waals surface area contributed by atoms with Crippen LogP contribution in [-0.4, -0.2) is 23.0 Å². The van der Waals surface area contributed by atoms with Gasteiger partial charge in [-0.2, -0.15) is 0 Å². The Morgan fingerprint density at radius 1 is 0.735 bits per heavy atom. The minimum Gasteiger partial charge on any atom is -0.479 e. The van der Waals surface area contributed by atoms with Gasteiger partial charge in [-0.15, -0.1) is 0 Å². The van der Waals surface area contributed by atoms with E-state index in [1.54, 1.807) is 66.7 Å². The minimum absolute atomic E-state index is 0.121. The van der Waals surface area contributed by atoms with Crippen molar-refractivity contribution in [2.24, 2.45) is 0 Å². The molecule has 4 rings (SSSR count). The summed E-state index contributed by atoms with van der Waals surface area (Å²) < 4.78 is 0. The SMILES string of the molecule is O=C(Nc1ccccc1Cl)Nc1cc2ccccc2cc1C(=O)NC(C(=O)O)c1ccccc1. The number of carboxylic acid groups (broad SMARTS) is 1. The Bertz CT molecular complexity index is 1380. The van der Waals surface area contributed by atoms with E-state index in [4.69, 9.17) is 11.6 Å². The van der Waals surface area contributed by atoms with Crippen molar-refractivity contribution in [2.45, 2.75) is 6.04 Å². The van der Waals surface area contributed by atoms with Crippen molar-refractivity contribution >= 4 is 51.7 Å². The summed E-state index contributed by atoms with van der Waals surface area (Å²) in [4.78, 5) is 37.8. The highest BCUT2D eigenvalue weighted by Gasteiger charge is 2.24. The van der Waals surface area contributed by atoms with Crippen LogP contribution >= 0.6 is 11.6 Å². The number of nitrogens with one attached hydrogen (secondary N) is 3. The van der Waals surface area contributed by atoms with Gasteiger partial charge in [-0.05, 0) is 40.6 Å². The largest absolute Gasteiger partial charge is 0.479 e. The number of amides is 3. The first-order chi connectivity index (χ1) is 16.4. The van der Waals surface area contributed by atoms with E-state index in [0.29, 0.717) is 16.3 Å². The summed E-state index contributed by atoms with van der Waals surface area (Å²) in [5.74, 6) is -1.85. The molecule has 1 unspecified atom stereocenters. The highest BCUT2D eigenvalue weighted by atomic mass is 35.5. The van der Waals surface area contributed by atoms with E-state index in [-0.39, 0.29) is 11.3 Å². The first-order valence-electron chi connectivity index (χ1n) is 10.4. The van der Waals surface area contributed by atoms with E-state index in [9.17, 15) is 19.5 Å². The highest BCUT2D eigenvalue weighted by Crippen LogP contribution is 2.26. The van der Waals surface area contributed by atoms with E-state index in [2.05, 4.69) is 16.0 Å². The molecular formula is C26H20ClN3O4. The molecule has 0 saturated carbocycles. The van der Waals surface area contributed by atoms with Crippen LogP contribution in [0.25, 0.3) is 10.8 Å². The zero-order valence-corrected chi connectivity index (χ0v) is 18.5. The third-order valence-corrected chi connectivity index (χ3v) is 5.49. The van der Waals surface area contributed by atoms with Crippen LogP contribution < -0.4 is 16.0 Å². The lowest BCUT2D eigenvalue weighted by molar-refractivity contribution is -0.139. The number of aliphatic carboxylic acids is 1. The number of carbonyl (C=O) groups excluding carboxylic acids is 2. The standard InChI is InChI=1S/C26H20ClN3O4/c27-20-12-6-7-13-21(20)28-26(34)29-22-15-18-11-5-4-10-17(18)14-19(22)24(31)30-23(25(32)33)16-8-2-1-3-9-16/h1-15,23H,(H,30,31)(H,32,33)(H2,28,29,34). The predicted molar refractivity (Wildman–Crippen MR) is 132 cm³/mol. The lowest BCUT2D eigenvalue weighted by Gasteiger charge is -2.18. The Morgan fingerprint density at radius 2 is 1.32 bits per heavy atom. The van der Waals surface area contributed by atoms with Gasteiger partial charge in [0.1, 0.15) is 0 Å². The second-order valence-corrected chi connectivity index (χ2v) is 7.87. The monoisotopic (exact) mass is 473 g/mol. The van der Waals surface area contributed by atoms with Crippen LogP contribution in [0.5, 0.6) is 0 Å². The first-order valence-corrected chi connectivity index (χ1v) is 10.7. The van der Waals surface area contributed by atoms with Crippen LogP contribution in [0, 0.1) is 0 Å². The van der Waals surface area contributed by atoms with Gasteiger partial charge in [0.15, 0.2) is 6.04 Å². The zero-order chi connectivity index (χ0) is 24.1. The van der Waals surface area contributed by atoms with Crippen LogP contribution in [0.1, 0.15) is 22.0 Å². The van der Waals surface area contributed by atoms with Crippen LogP contribution in [0.3, 0.4) is 0 Å². The molecule has 0 saturated heterocycles. The molecule has 4 aromatic carbocycles. The van der Waals surface area contributed by atoms with E-state index < -0.39 is 23.9 Å². The third kappa shape index (κ3) is 5.16. The summed E-state index contributed by atoms with van der Waals surface area (Å²) in [5.41, 5.74) is 1.17. The Labute approximate surface area is 200 Å². The molecule has 0 aliphatic carbocycles. The summed E-state index contributed by atoms with van der Waals surface area (Å²) in [5, 5.41) is 19.5. The van der Waals surface area contributed by atoms with Gasteiger partial charge < -0.3 is 21.1 Å². The average Bonchev–Trinajstić information content (AvgIpc) is 2.83. The highest BCUT2D eigenvalue weighted by molar-refractivity contribution is 6.33. The predicted octanol–water partition coefficient (Wildman–Crippen LogP) is 5.69. The zero-order valence-electron chi connectivity index (χ0n) is 17.8. The summed E-state index contributed by atoms with van der Waals surface area (Å²) in [6.45, 7) is 0. The molecule has 4 aromatic rings. The van der Waals surface area contributed by atoms with Crippen molar-refractivity contribution in [1.29, 1.82) is 0 Å². The Kier molecular flexibility index (Phi) is 6.75. The molecule has 0 aromatic heterocycles. The molecule has 8 heteroatoms. The number of para-hydroxylation sites is 1. The quantitative estimate of drug-likeness (QED) is 0.288. The van der Waals surface area contributed by atoms with Crippen LogP contribution in [0.4, 0.5) is 16.2 Å². The maximum atomic E-state index is 13.2. The maximum absolute atomic E-state index is 13.2. The first kappa shape index (κ1) is 22.8. The number of urea groups is 1. The van der Waals surface area contributed by atoms with Gasteiger partial charge in [0, 0.05) is 0 Å². The van der Waals surface area contributed by atoms with E-state index >= 15 is 0 Å². The molecule has 0 fully saturated rings. The smallest absolute Gasteiger partial charge is 0.330 e. The van der Waals surface area contributed by atoms with Crippen molar-refractivity contribution in [3.63, 3.8) is 0 Å². The number of anilines is 2. The number of hydrogen-bond acceptors (Lipinski definition) is 3. The Balaban J connectivity index is 1.66. The van der Waals surface area contributed by atoms with Crippen molar-refractivity contribution in [1.82, 2.24) is 5.32 Å². The third-order valence-electron chi connectivity index (χ3n) is 5.16. The molecule has 34 heavy (non-hydrogen) atoms. The molecule has 1 atom stereocenters. The van der Waals surface area contributed by atoms with Crippen molar-refractivity contribution in [2.75, 3.05) is 10.6 Å². The Hall–Kier alpha value is -4.36. The van der Waals surface area contributed by atoms with Crippen LogP contribution in [0.2, 0.25) is 5.02 Å². The summed E-state index contributed by atoms with van der Waals surface area (Å²) in [7, 11) is 0. The normalized spacial score (nSPS) is 11.4. The van der Waals surface area contributed by atoms with Gasteiger partial charge >= 0.3 is 12.0 Å². The van der Waals surface area contributed by atoms with E-state index in [1.807, 2.05) is 24.3 Å². The van der Waals surface area contributed by atoms with Gasteiger partial charge in [-0.25, -0.2) is 9.59 Å². The fourth-order valence-corrected chi connectivity index (χ4v) is 3.69. The van der Waals surface area contributed by atoms with Gasteiger partial charge in [-0.1, -0.05) is 78.3 Å². The molecule has 170 valence electrons. The molecule has 0 spiro atoms. The summed E-state index contributed by atoms with van der Waals surface area (Å²) in [6, 6.07) is 23.9. The summed E-state index contributed by atoms with van der Waals surface area (Å²) >= 11 is 6.11. The maximum Gasteiger partial charge on any atom is 0.330 e. The van der Waals surface area contributed by atoms with E-state index in [1.165, 1.54) is 0 Å². The number of benzene rings is 4. The van der Waals surface area contributed by atoms with Crippen LogP contribution in [-0.2, 0) is 4.79 Å². The van der Waals surface area contributed by atoms with Gasteiger partial charge in [0.05, 0.1) is 22.0 Å². The minimum atomic E-state index is -1.26. The van der Waals surface area contributed by atoms with Gasteiger partial charge in [0.25, 0.3) is 5.91 Å². The molecule has 7 nitrogen and oxygen atoms in total. The lowest BCUT2D eigenvalue weighted by atomic mass is 10.0. The molecule has 4 N–H and O–H groups in total. The number of halogens is 1. The second kappa shape index (κ2) is 10.1. The number of rotatable bonds is 6. The number of carboxylic acids is 1. The molecule has 3 amide bonds. The second-order valence-electron chi connectivity index (χ2n) is 7.46. The number of hydrogen-bond donors (Lipinski definition) is 4. The molecule has 0 bridgehead atoms. The fourth-order valence-electron chi connectivity index (χ4n) is 3.51. The molecular weight excluding hydrogens is 454 g/mol. The molecule has 0 aliphatic heterocycles.